The van der Waals surface area contributed by atoms with Crippen LogP contribution in [0.4, 0.5) is 34.1 Å². The molecule has 390 valence electrons. The third-order valence-electron chi connectivity index (χ3n) is 17.1. The van der Waals surface area contributed by atoms with E-state index >= 15 is 0 Å². The SMILES string of the molecule is Cc1cccc(-c2cccc(-c3ccc(-c4ccc(-c5cccc(-c6ccccc6)c5B5c6ccccc6N(c6ccccc6)c6ccc(C)cc65)cc4)cc3)c2B2c3ccccc3N(c3ccccc3)c3ccc(C(C)(C)C)cc32)c1. The summed E-state index contributed by atoms with van der Waals surface area (Å²) in [5.74, 6) is 0. The van der Waals surface area contributed by atoms with Crippen LogP contribution in [0.1, 0.15) is 37.5 Å². The Kier molecular flexibility index (Phi) is 12.8. The van der Waals surface area contributed by atoms with Crippen LogP contribution in [0.15, 0.2) is 285 Å². The normalized spacial score (nSPS) is 12.6. The first kappa shape index (κ1) is 50.6. The van der Waals surface area contributed by atoms with E-state index in [9.17, 15) is 0 Å². The number of hydrogen-bond acceptors (Lipinski definition) is 2. The van der Waals surface area contributed by atoms with Gasteiger partial charge < -0.3 is 9.80 Å². The molecule has 0 atom stereocenters. The quantitative estimate of drug-likeness (QED) is 0.133. The van der Waals surface area contributed by atoms with E-state index in [1.54, 1.807) is 0 Å². The van der Waals surface area contributed by atoms with Crippen LogP contribution in [-0.2, 0) is 5.41 Å². The molecule has 0 radical (unpaired) electrons. The molecule has 4 heteroatoms. The summed E-state index contributed by atoms with van der Waals surface area (Å²) in [5, 5.41) is 0. The van der Waals surface area contributed by atoms with Gasteiger partial charge in [-0.05, 0) is 151 Å². The lowest BCUT2D eigenvalue weighted by Gasteiger charge is -2.39. The van der Waals surface area contributed by atoms with Crippen LogP contribution < -0.4 is 42.6 Å². The summed E-state index contributed by atoms with van der Waals surface area (Å²) in [5.41, 5.74) is 30.9. The second kappa shape index (κ2) is 20.8. The highest BCUT2D eigenvalue weighted by molar-refractivity contribution is 7.00. The highest BCUT2D eigenvalue weighted by Crippen LogP contribution is 2.41. The Morgan fingerprint density at radius 1 is 0.268 bits per heavy atom. The zero-order valence-corrected chi connectivity index (χ0v) is 47.2. The first-order valence-electron chi connectivity index (χ1n) is 28.9. The molecular weight excluding hydrogens is 986 g/mol. The Labute approximate surface area is 484 Å². The van der Waals surface area contributed by atoms with Crippen LogP contribution in [0.2, 0.25) is 0 Å². The molecule has 0 aromatic heterocycles. The van der Waals surface area contributed by atoms with Crippen molar-refractivity contribution < 1.29 is 0 Å². The molecular formula is C78H62B2N2. The number of benzene rings is 12. The van der Waals surface area contributed by atoms with Crippen molar-refractivity contribution in [3.8, 4) is 55.6 Å². The molecule has 12 aromatic rings. The van der Waals surface area contributed by atoms with E-state index in [0.717, 1.165) is 11.4 Å². The highest BCUT2D eigenvalue weighted by Gasteiger charge is 2.40. The molecule has 0 spiro atoms. The molecule has 0 saturated heterocycles. The number of anilines is 6. The van der Waals surface area contributed by atoms with Crippen LogP contribution in [0.5, 0.6) is 0 Å². The van der Waals surface area contributed by atoms with Crippen LogP contribution in [0.25, 0.3) is 55.6 Å². The van der Waals surface area contributed by atoms with Crippen molar-refractivity contribution in [2.75, 3.05) is 9.80 Å². The lowest BCUT2D eigenvalue weighted by Crippen LogP contribution is -2.58. The smallest absolute Gasteiger partial charge is 0.248 e. The fourth-order valence-electron chi connectivity index (χ4n) is 13.2. The van der Waals surface area contributed by atoms with Gasteiger partial charge in [0.05, 0.1) is 0 Å². The second-order valence-electron chi connectivity index (χ2n) is 23.3. The largest absolute Gasteiger partial charge is 0.312 e. The molecule has 0 amide bonds. The molecule has 0 fully saturated rings. The summed E-state index contributed by atoms with van der Waals surface area (Å²) in [6, 6.07) is 106. The average molecular weight is 1050 g/mol. The molecule has 14 rings (SSSR count). The summed E-state index contributed by atoms with van der Waals surface area (Å²) in [4.78, 5) is 4.92. The number of fused-ring (bicyclic) bond motifs is 4. The third kappa shape index (κ3) is 8.96. The van der Waals surface area contributed by atoms with Crippen LogP contribution >= 0.6 is 0 Å². The summed E-state index contributed by atoms with van der Waals surface area (Å²) < 4.78 is 0. The maximum atomic E-state index is 2.50. The summed E-state index contributed by atoms with van der Waals surface area (Å²) in [7, 11) is 0. The third-order valence-corrected chi connectivity index (χ3v) is 17.1. The van der Waals surface area contributed by atoms with E-state index < -0.39 is 0 Å². The van der Waals surface area contributed by atoms with Crippen LogP contribution in [-0.4, -0.2) is 13.4 Å². The number of rotatable bonds is 9. The van der Waals surface area contributed by atoms with Gasteiger partial charge in [0.15, 0.2) is 0 Å². The Hall–Kier alpha value is -9.63. The van der Waals surface area contributed by atoms with E-state index in [4.69, 9.17) is 0 Å². The minimum Gasteiger partial charge on any atom is -0.312 e. The average Bonchev–Trinajstić information content (AvgIpc) is 2.52. The monoisotopic (exact) mass is 1050 g/mol. The maximum absolute atomic E-state index is 2.50. The zero-order valence-electron chi connectivity index (χ0n) is 47.2. The minimum absolute atomic E-state index is 0.0297. The molecule has 2 nitrogen and oxygen atoms in total. The molecule has 0 aliphatic carbocycles. The van der Waals surface area contributed by atoms with Gasteiger partial charge in [0.2, 0.25) is 13.4 Å². The van der Waals surface area contributed by atoms with Crippen molar-refractivity contribution in [1.29, 1.82) is 0 Å². The van der Waals surface area contributed by atoms with E-state index in [-0.39, 0.29) is 18.8 Å². The summed E-state index contributed by atoms with van der Waals surface area (Å²) in [6.45, 7) is 11.3. The molecule has 0 saturated carbocycles. The number of nitrogens with zero attached hydrogens (tertiary/aromatic N) is 2. The van der Waals surface area contributed by atoms with Gasteiger partial charge >= 0.3 is 0 Å². The fraction of sp³-hybridized carbons (Fsp3) is 0.0769. The predicted octanol–water partition coefficient (Wildman–Crippen LogP) is 16.5. The van der Waals surface area contributed by atoms with Crippen molar-refractivity contribution >= 4 is 80.3 Å². The molecule has 0 N–H and O–H groups in total. The van der Waals surface area contributed by atoms with Gasteiger partial charge in [-0.1, -0.05) is 279 Å². The van der Waals surface area contributed by atoms with Crippen molar-refractivity contribution in [3.05, 3.63) is 302 Å². The first-order chi connectivity index (χ1) is 40.2. The van der Waals surface area contributed by atoms with Gasteiger partial charge in [0, 0.05) is 34.1 Å². The first-order valence-corrected chi connectivity index (χ1v) is 28.9. The summed E-state index contributed by atoms with van der Waals surface area (Å²) in [6.07, 6.45) is 0. The van der Waals surface area contributed by atoms with Gasteiger partial charge in [-0.3, -0.25) is 0 Å². The van der Waals surface area contributed by atoms with Crippen molar-refractivity contribution in [2.24, 2.45) is 0 Å². The fourth-order valence-corrected chi connectivity index (χ4v) is 13.2. The van der Waals surface area contributed by atoms with Gasteiger partial charge in [-0.15, -0.1) is 0 Å². The van der Waals surface area contributed by atoms with Crippen molar-refractivity contribution in [2.45, 2.75) is 40.0 Å². The Balaban J connectivity index is 0.889. The molecule has 12 aromatic carbocycles. The Morgan fingerprint density at radius 2 is 0.634 bits per heavy atom. The number of para-hydroxylation sites is 4. The Morgan fingerprint density at radius 3 is 1.12 bits per heavy atom. The van der Waals surface area contributed by atoms with Gasteiger partial charge in [-0.25, -0.2) is 0 Å². The van der Waals surface area contributed by atoms with Gasteiger partial charge in [0.1, 0.15) is 0 Å². The predicted molar refractivity (Wildman–Crippen MR) is 353 cm³/mol. The zero-order chi connectivity index (χ0) is 55.5. The number of hydrogen-bond donors (Lipinski definition) is 0. The standard InChI is InChI=1S/C78H62B2N2/c1-53-22-19-25-60(50-53)67-33-21-32-66(77(67)80-69-35-16-18-37-73(69)82(63-28-13-8-14-29-63)75-49-47-61(52-71(75)80)78(3,4)5)59-45-41-56(42-46-59)55-39-43-58(44-40-55)65-31-20-30-64(57-23-9-6-10-24-57)76(65)79-68-34-15-17-36-72(68)81(62-26-11-7-12-27-62)74-48-38-54(2)51-70(74)79/h6-52H,1-5H3. The maximum Gasteiger partial charge on any atom is 0.248 e. The second-order valence-corrected chi connectivity index (χ2v) is 23.3. The minimum atomic E-state index is -0.0555. The number of aryl methyl sites for hydroxylation is 2. The lowest BCUT2D eigenvalue weighted by atomic mass is 9.33. The van der Waals surface area contributed by atoms with E-state index in [1.165, 1.54) is 128 Å². The molecule has 2 aliphatic rings. The lowest BCUT2D eigenvalue weighted by molar-refractivity contribution is 0.591. The van der Waals surface area contributed by atoms with Gasteiger partial charge in [0.25, 0.3) is 0 Å². The van der Waals surface area contributed by atoms with E-state index in [0.29, 0.717) is 0 Å². The molecule has 82 heavy (non-hydrogen) atoms. The van der Waals surface area contributed by atoms with Crippen molar-refractivity contribution in [1.82, 2.24) is 0 Å². The van der Waals surface area contributed by atoms with E-state index in [2.05, 4.69) is 330 Å². The highest BCUT2D eigenvalue weighted by atomic mass is 15.2. The Bertz CT molecular complexity index is 4340. The van der Waals surface area contributed by atoms with E-state index in [1.807, 2.05) is 0 Å². The topological polar surface area (TPSA) is 6.48 Å². The van der Waals surface area contributed by atoms with Crippen molar-refractivity contribution in [3.63, 3.8) is 0 Å². The molecule has 0 unspecified atom stereocenters. The summed E-state index contributed by atoms with van der Waals surface area (Å²) >= 11 is 0. The van der Waals surface area contributed by atoms with Crippen LogP contribution in [0, 0.1) is 13.8 Å². The molecule has 2 aliphatic heterocycles. The van der Waals surface area contributed by atoms with Gasteiger partial charge in [-0.2, -0.15) is 0 Å². The van der Waals surface area contributed by atoms with Crippen LogP contribution in [0.3, 0.4) is 0 Å². The molecule has 2 heterocycles. The molecule has 0 bridgehead atoms.